The number of imide groups is 1. The average Bonchev–Trinajstić information content (AvgIpc) is 3.24. The van der Waals surface area contributed by atoms with Crippen LogP contribution in [0.3, 0.4) is 0 Å². The molecule has 3 aliphatic rings. The summed E-state index contributed by atoms with van der Waals surface area (Å²) >= 11 is 0. The number of carbonyl (C=O) groups is 2. The van der Waals surface area contributed by atoms with Gasteiger partial charge in [0.05, 0.1) is 24.7 Å². The second kappa shape index (κ2) is 5.47. The van der Waals surface area contributed by atoms with Gasteiger partial charge in [-0.05, 0) is 48.9 Å². The summed E-state index contributed by atoms with van der Waals surface area (Å²) in [6.45, 7) is 2.25. The molecule has 1 N–H and O–H groups in total. The lowest BCUT2D eigenvalue weighted by Gasteiger charge is -2.13. The van der Waals surface area contributed by atoms with Gasteiger partial charge in [0.2, 0.25) is 0 Å². The molecule has 1 heterocycles. The molecule has 124 valence electrons. The number of nitrogens with zero attached hydrogens (tertiary/aromatic N) is 2. The van der Waals surface area contributed by atoms with E-state index in [1.807, 2.05) is 6.92 Å². The Kier molecular flexibility index (Phi) is 3.40. The van der Waals surface area contributed by atoms with Crippen molar-refractivity contribution < 1.29 is 19.4 Å². The van der Waals surface area contributed by atoms with Crippen molar-refractivity contribution in [2.45, 2.75) is 13.3 Å². The van der Waals surface area contributed by atoms with Crippen molar-refractivity contribution in [2.24, 2.45) is 28.8 Å². The van der Waals surface area contributed by atoms with Gasteiger partial charge in [-0.2, -0.15) is 10.1 Å². The van der Waals surface area contributed by atoms with Crippen LogP contribution in [0.5, 0.6) is 11.5 Å². The van der Waals surface area contributed by atoms with Crippen molar-refractivity contribution in [2.75, 3.05) is 6.61 Å². The molecule has 1 aliphatic heterocycles. The molecule has 2 bridgehead atoms. The number of hydrogen-bond acceptors (Lipinski definition) is 5. The van der Waals surface area contributed by atoms with E-state index in [0.717, 1.165) is 11.4 Å². The zero-order valence-electron chi connectivity index (χ0n) is 13.3. The molecule has 1 saturated carbocycles. The SMILES string of the molecule is CCOc1cc(C=NN2C(=O)C3C4C=CC(C4)C3C2=O)ccc1O. The van der Waals surface area contributed by atoms with Gasteiger partial charge in [0.1, 0.15) is 0 Å². The summed E-state index contributed by atoms with van der Waals surface area (Å²) in [6, 6.07) is 4.77. The normalized spacial score (nSPS) is 30.6. The van der Waals surface area contributed by atoms with Crippen LogP contribution in [0.1, 0.15) is 18.9 Å². The van der Waals surface area contributed by atoms with Crippen LogP contribution in [0.25, 0.3) is 0 Å². The van der Waals surface area contributed by atoms with Crippen molar-refractivity contribution in [1.29, 1.82) is 0 Å². The second-order valence-electron chi connectivity index (χ2n) is 6.39. The summed E-state index contributed by atoms with van der Waals surface area (Å²) in [5.74, 6) is -0.167. The van der Waals surface area contributed by atoms with Gasteiger partial charge in [0.25, 0.3) is 11.8 Å². The van der Waals surface area contributed by atoms with Gasteiger partial charge < -0.3 is 9.84 Å². The first-order chi connectivity index (χ1) is 11.6. The highest BCUT2D eigenvalue weighted by atomic mass is 16.5. The fraction of sp³-hybridized carbons (Fsp3) is 0.389. The van der Waals surface area contributed by atoms with Crippen LogP contribution >= 0.6 is 0 Å². The van der Waals surface area contributed by atoms with Crippen LogP contribution in [0, 0.1) is 23.7 Å². The maximum Gasteiger partial charge on any atom is 0.254 e. The Bertz CT molecular complexity index is 740. The molecule has 4 unspecified atom stereocenters. The molecule has 4 rings (SSSR count). The quantitative estimate of drug-likeness (QED) is 0.521. The monoisotopic (exact) mass is 326 g/mol. The number of hydrogen-bond donors (Lipinski definition) is 1. The Morgan fingerprint density at radius 1 is 1.25 bits per heavy atom. The predicted molar refractivity (Wildman–Crippen MR) is 86.4 cm³/mol. The maximum atomic E-state index is 12.5. The van der Waals surface area contributed by atoms with Gasteiger partial charge >= 0.3 is 0 Å². The fourth-order valence-electron chi connectivity index (χ4n) is 4.01. The van der Waals surface area contributed by atoms with Crippen molar-refractivity contribution in [3.05, 3.63) is 35.9 Å². The summed E-state index contributed by atoms with van der Waals surface area (Å²) in [6.07, 6.45) is 6.46. The number of benzene rings is 1. The zero-order chi connectivity index (χ0) is 16.8. The Morgan fingerprint density at radius 2 is 1.92 bits per heavy atom. The van der Waals surface area contributed by atoms with Gasteiger partial charge in [-0.15, -0.1) is 0 Å². The number of phenols is 1. The number of fused-ring (bicyclic) bond motifs is 5. The van der Waals surface area contributed by atoms with Gasteiger partial charge in [0.15, 0.2) is 11.5 Å². The van der Waals surface area contributed by atoms with Crippen molar-refractivity contribution in [1.82, 2.24) is 5.01 Å². The highest BCUT2D eigenvalue weighted by Crippen LogP contribution is 2.52. The van der Waals surface area contributed by atoms with E-state index in [-0.39, 0.29) is 41.2 Å². The standard InChI is InChI=1S/C18H18N2O4/c1-2-24-14-7-10(3-6-13(14)21)9-19-20-17(22)15-11-4-5-12(8-11)16(15)18(20)23/h3-7,9,11-12,15-16,21H,2,8H2,1H3. The Morgan fingerprint density at radius 3 is 2.54 bits per heavy atom. The van der Waals surface area contributed by atoms with Crippen LogP contribution in [-0.2, 0) is 9.59 Å². The van der Waals surface area contributed by atoms with Crippen LogP contribution in [-0.4, -0.2) is 34.8 Å². The van der Waals surface area contributed by atoms with E-state index in [2.05, 4.69) is 17.3 Å². The van der Waals surface area contributed by atoms with Crippen molar-refractivity contribution in [3.63, 3.8) is 0 Å². The Labute approximate surface area is 139 Å². The molecule has 2 fully saturated rings. The summed E-state index contributed by atoms with van der Waals surface area (Å²) in [4.78, 5) is 25.0. The molecule has 0 radical (unpaired) electrons. The lowest BCUT2D eigenvalue weighted by Crippen LogP contribution is -2.28. The molecule has 2 aliphatic carbocycles. The first-order valence-electron chi connectivity index (χ1n) is 8.16. The van der Waals surface area contributed by atoms with E-state index in [0.29, 0.717) is 17.9 Å². The Balaban J connectivity index is 1.56. The number of rotatable bonds is 4. The number of carbonyl (C=O) groups excluding carboxylic acids is 2. The van der Waals surface area contributed by atoms with Crippen LogP contribution in [0.2, 0.25) is 0 Å². The summed E-state index contributed by atoms with van der Waals surface area (Å²) in [5, 5.41) is 14.8. The first kappa shape index (κ1) is 14.9. The summed E-state index contributed by atoms with van der Waals surface area (Å²) in [5.41, 5.74) is 0.648. The molecule has 6 heteroatoms. The van der Waals surface area contributed by atoms with Gasteiger partial charge in [-0.1, -0.05) is 12.2 Å². The number of allylic oxidation sites excluding steroid dienone is 2. The van der Waals surface area contributed by atoms with E-state index < -0.39 is 0 Å². The van der Waals surface area contributed by atoms with E-state index in [9.17, 15) is 14.7 Å². The molecule has 24 heavy (non-hydrogen) atoms. The van der Waals surface area contributed by atoms with E-state index >= 15 is 0 Å². The Hall–Kier alpha value is -2.63. The lowest BCUT2D eigenvalue weighted by atomic mass is 9.85. The van der Waals surface area contributed by atoms with E-state index in [1.165, 1.54) is 12.3 Å². The molecule has 0 aromatic heterocycles. The zero-order valence-corrected chi connectivity index (χ0v) is 13.3. The first-order valence-corrected chi connectivity index (χ1v) is 8.16. The summed E-state index contributed by atoms with van der Waals surface area (Å²) < 4.78 is 5.32. The molecule has 1 aromatic carbocycles. The van der Waals surface area contributed by atoms with Crippen LogP contribution in [0.15, 0.2) is 35.5 Å². The maximum absolute atomic E-state index is 12.5. The molecule has 4 atom stereocenters. The number of phenolic OH excluding ortho intramolecular Hbond substituents is 1. The predicted octanol–water partition coefficient (Wildman–Crippen LogP) is 1.93. The number of hydrazone groups is 1. The van der Waals surface area contributed by atoms with E-state index in [4.69, 9.17) is 4.74 Å². The van der Waals surface area contributed by atoms with Gasteiger partial charge in [0, 0.05) is 0 Å². The number of aromatic hydroxyl groups is 1. The van der Waals surface area contributed by atoms with E-state index in [1.54, 1.807) is 12.1 Å². The molecule has 1 saturated heterocycles. The largest absolute Gasteiger partial charge is 0.504 e. The smallest absolute Gasteiger partial charge is 0.254 e. The van der Waals surface area contributed by atoms with Crippen molar-refractivity contribution >= 4 is 18.0 Å². The third-order valence-electron chi connectivity index (χ3n) is 5.05. The third-order valence-corrected chi connectivity index (χ3v) is 5.05. The highest BCUT2D eigenvalue weighted by Gasteiger charge is 2.59. The molecule has 6 nitrogen and oxygen atoms in total. The minimum Gasteiger partial charge on any atom is -0.504 e. The lowest BCUT2D eigenvalue weighted by molar-refractivity contribution is -0.140. The third kappa shape index (κ3) is 2.13. The molecular formula is C18H18N2O4. The van der Waals surface area contributed by atoms with Crippen molar-refractivity contribution in [3.8, 4) is 11.5 Å². The molecule has 2 amide bonds. The van der Waals surface area contributed by atoms with Gasteiger partial charge in [-0.3, -0.25) is 9.59 Å². The van der Waals surface area contributed by atoms with Crippen LogP contribution < -0.4 is 4.74 Å². The average molecular weight is 326 g/mol. The highest BCUT2D eigenvalue weighted by molar-refractivity contribution is 6.06. The number of amides is 2. The fourth-order valence-corrected chi connectivity index (χ4v) is 4.01. The molecule has 0 spiro atoms. The summed E-state index contributed by atoms with van der Waals surface area (Å²) in [7, 11) is 0. The second-order valence-corrected chi connectivity index (χ2v) is 6.39. The number of ether oxygens (including phenoxy) is 1. The van der Waals surface area contributed by atoms with Gasteiger partial charge in [-0.25, -0.2) is 0 Å². The van der Waals surface area contributed by atoms with Crippen LogP contribution in [0.4, 0.5) is 0 Å². The minimum atomic E-state index is -0.247. The molecule has 1 aromatic rings. The minimum absolute atomic E-state index is 0.0412. The molecular weight excluding hydrogens is 308 g/mol. The topological polar surface area (TPSA) is 79.2 Å².